The summed E-state index contributed by atoms with van der Waals surface area (Å²) in [6, 6.07) is 24.3. The summed E-state index contributed by atoms with van der Waals surface area (Å²) in [4.78, 5) is 15.9. The van der Waals surface area contributed by atoms with Crippen LogP contribution in [0.4, 0.5) is 0 Å². The Morgan fingerprint density at radius 3 is 2.39 bits per heavy atom. The summed E-state index contributed by atoms with van der Waals surface area (Å²) < 4.78 is 5.94. The van der Waals surface area contributed by atoms with Crippen LogP contribution in [-0.2, 0) is 13.2 Å². The van der Waals surface area contributed by atoms with Crippen molar-refractivity contribution in [3.63, 3.8) is 0 Å². The van der Waals surface area contributed by atoms with Gasteiger partial charge in [-0.05, 0) is 73.9 Å². The third-order valence-corrected chi connectivity index (χ3v) is 7.28. The molecule has 5 rings (SSSR count). The van der Waals surface area contributed by atoms with Crippen molar-refractivity contribution in [1.29, 1.82) is 0 Å². The van der Waals surface area contributed by atoms with Crippen LogP contribution in [0, 0.1) is 11.7 Å². The molecule has 0 saturated carbocycles. The molecule has 2 heterocycles. The van der Waals surface area contributed by atoms with Crippen LogP contribution in [0.1, 0.15) is 42.9 Å². The molecule has 0 saturated heterocycles. The molecule has 0 aliphatic heterocycles. The Labute approximate surface area is 216 Å². The predicted octanol–water partition coefficient (Wildman–Crippen LogP) is 6.08. The number of aromatic nitrogens is 4. The Bertz CT molecular complexity index is 1640. The molecule has 0 aliphatic rings. The second-order valence-corrected chi connectivity index (χ2v) is 9.98. The van der Waals surface area contributed by atoms with E-state index in [-0.39, 0.29) is 5.56 Å². The van der Waals surface area contributed by atoms with Crippen LogP contribution in [0.15, 0.2) is 77.6 Å². The summed E-state index contributed by atoms with van der Waals surface area (Å²) in [6.45, 7) is 7.75. The van der Waals surface area contributed by atoms with Gasteiger partial charge in [0.25, 0.3) is 5.56 Å². The van der Waals surface area contributed by atoms with Crippen molar-refractivity contribution < 1.29 is 0 Å². The quantitative estimate of drug-likeness (QED) is 0.256. The lowest BCUT2D eigenvalue weighted by Gasteiger charge is -2.16. The van der Waals surface area contributed by atoms with Crippen molar-refractivity contribution in [2.75, 3.05) is 7.05 Å². The van der Waals surface area contributed by atoms with Crippen molar-refractivity contribution in [3.05, 3.63) is 105 Å². The number of hydrogen-bond acceptors (Lipinski definition) is 4. The highest BCUT2D eigenvalue weighted by Crippen LogP contribution is 2.22. The molecule has 0 aliphatic carbocycles. The molecule has 0 fully saturated rings. The second kappa shape index (κ2) is 9.84. The van der Waals surface area contributed by atoms with E-state index < -0.39 is 0 Å². The molecule has 7 heteroatoms. The summed E-state index contributed by atoms with van der Waals surface area (Å²) in [5.74, 6) is 0.980. The number of benzene rings is 3. The van der Waals surface area contributed by atoms with E-state index in [4.69, 9.17) is 17.3 Å². The van der Waals surface area contributed by atoms with E-state index in [2.05, 4.69) is 62.1 Å². The molecular formula is C29H31N5OS. The molecule has 0 bridgehead atoms. The molecule has 1 atom stereocenters. The fraction of sp³-hybridized carbons (Fsp3) is 0.276. The smallest absolute Gasteiger partial charge is 0.267 e. The molecule has 6 nitrogen and oxygen atoms in total. The summed E-state index contributed by atoms with van der Waals surface area (Å²) >= 11 is 5.90. The average Bonchev–Trinajstić information content (AvgIpc) is 3.20. The minimum atomic E-state index is -0.102. The molecule has 2 aromatic heterocycles. The van der Waals surface area contributed by atoms with Crippen LogP contribution in [0.25, 0.3) is 22.4 Å². The number of rotatable bonds is 7. The Morgan fingerprint density at radius 2 is 1.69 bits per heavy atom. The van der Waals surface area contributed by atoms with Gasteiger partial charge in [0.15, 0.2) is 0 Å². The maximum atomic E-state index is 13.7. The van der Waals surface area contributed by atoms with Crippen molar-refractivity contribution in [2.24, 2.45) is 0 Å². The first-order chi connectivity index (χ1) is 17.4. The van der Waals surface area contributed by atoms with E-state index in [9.17, 15) is 4.79 Å². The van der Waals surface area contributed by atoms with Crippen LogP contribution in [0.2, 0.25) is 0 Å². The van der Waals surface area contributed by atoms with Crippen LogP contribution >= 0.6 is 12.2 Å². The zero-order valence-corrected chi connectivity index (χ0v) is 22.0. The van der Waals surface area contributed by atoms with Crippen molar-refractivity contribution in [1.82, 2.24) is 23.6 Å². The Kier molecular flexibility index (Phi) is 6.60. The highest BCUT2D eigenvalue weighted by atomic mass is 32.1. The molecule has 184 valence electrons. The highest BCUT2D eigenvalue weighted by Gasteiger charge is 2.18. The van der Waals surface area contributed by atoms with E-state index in [1.54, 1.807) is 9.25 Å². The highest BCUT2D eigenvalue weighted by molar-refractivity contribution is 7.71. The molecule has 0 spiro atoms. The molecule has 0 N–H and O–H groups in total. The number of fused-ring (bicyclic) bond motifs is 3. The van der Waals surface area contributed by atoms with Crippen molar-refractivity contribution in [2.45, 2.75) is 46.3 Å². The number of hydrogen-bond donors (Lipinski definition) is 0. The third-order valence-electron chi connectivity index (χ3n) is 6.88. The monoisotopic (exact) mass is 497 g/mol. The molecule has 0 radical (unpaired) electrons. The first-order valence-corrected chi connectivity index (χ1v) is 12.8. The topological polar surface area (TPSA) is 47.5 Å². The van der Waals surface area contributed by atoms with E-state index >= 15 is 0 Å². The zero-order valence-electron chi connectivity index (χ0n) is 21.2. The molecule has 0 amide bonds. The van der Waals surface area contributed by atoms with Gasteiger partial charge < -0.3 is 0 Å². The van der Waals surface area contributed by atoms with Gasteiger partial charge in [-0.3, -0.25) is 14.1 Å². The Hall–Kier alpha value is -3.55. The molecule has 3 aromatic carbocycles. The SMILES string of the molecule is CCC(C)c1ccc(-n2c(=O)c3ccccc3n3c(=S)n(CN(C)Cc4ccc(C)cc4)nc23)cc1. The van der Waals surface area contributed by atoms with Gasteiger partial charge in [0.2, 0.25) is 10.5 Å². The minimum Gasteiger partial charge on any atom is -0.283 e. The number of para-hydroxylation sites is 1. The third kappa shape index (κ3) is 4.40. The molecule has 1 unspecified atom stereocenters. The lowest BCUT2D eigenvalue weighted by molar-refractivity contribution is 0.244. The fourth-order valence-corrected chi connectivity index (χ4v) is 4.89. The van der Waals surface area contributed by atoms with Gasteiger partial charge in [0.05, 0.1) is 23.3 Å². The predicted molar refractivity (Wildman–Crippen MR) is 148 cm³/mol. The normalized spacial score (nSPS) is 12.6. The van der Waals surface area contributed by atoms with Crippen LogP contribution in [-0.4, -0.2) is 30.7 Å². The van der Waals surface area contributed by atoms with Crippen molar-refractivity contribution in [3.8, 4) is 5.69 Å². The maximum absolute atomic E-state index is 13.7. The van der Waals surface area contributed by atoms with Crippen LogP contribution in [0.3, 0.4) is 0 Å². The average molecular weight is 498 g/mol. The largest absolute Gasteiger partial charge is 0.283 e. The molecule has 5 aromatic rings. The van der Waals surface area contributed by atoms with Gasteiger partial charge in [-0.15, -0.1) is 5.10 Å². The Morgan fingerprint density at radius 1 is 1.00 bits per heavy atom. The zero-order chi connectivity index (χ0) is 25.4. The summed E-state index contributed by atoms with van der Waals surface area (Å²) in [7, 11) is 2.05. The maximum Gasteiger partial charge on any atom is 0.267 e. The lowest BCUT2D eigenvalue weighted by Crippen LogP contribution is -2.23. The number of aryl methyl sites for hydroxylation is 1. The summed E-state index contributed by atoms with van der Waals surface area (Å²) in [5, 5.41) is 5.48. The number of nitrogens with zero attached hydrogens (tertiary/aromatic N) is 5. The van der Waals surface area contributed by atoms with Crippen molar-refractivity contribution >= 4 is 28.9 Å². The summed E-state index contributed by atoms with van der Waals surface area (Å²) in [6.07, 6.45) is 1.06. The lowest BCUT2D eigenvalue weighted by atomic mass is 9.98. The Balaban J connectivity index is 1.62. The molecular weight excluding hydrogens is 466 g/mol. The van der Waals surface area contributed by atoms with E-state index in [0.717, 1.165) is 24.2 Å². The first kappa shape index (κ1) is 24.2. The minimum absolute atomic E-state index is 0.102. The first-order valence-electron chi connectivity index (χ1n) is 12.3. The van der Waals surface area contributed by atoms with Gasteiger partial charge >= 0.3 is 0 Å². The standard InChI is InChI=1S/C29H31N5OS/c1-5-21(3)23-14-16-24(17-15-23)33-27(35)25-8-6-7-9-26(25)34-28(33)30-32(29(34)36)19-31(4)18-22-12-10-20(2)11-13-22/h6-17,21H,5,18-19H2,1-4H3. The van der Waals surface area contributed by atoms with E-state index in [0.29, 0.717) is 28.5 Å². The van der Waals surface area contributed by atoms with Gasteiger partial charge in [0, 0.05) is 6.54 Å². The second-order valence-electron chi connectivity index (χ2n) is 9.62. The summed E-state index contributed by atoms with van der Waals surface area (Å²) in [5.41, 5.74) is 5.17. The van der Waals surface area contributed by atoms with E-state index in [1.807, 2.05) is 47.8 Å². The van der Waals surface area contributed by atoms with Gasteiger partial charge in [-0.25, -0.2) is 9.25 Å². The van der Waals surface area contributed by atoms with Gasteiger partial charge in [0.1, 0.15) is 0 Å². The fourth-order valence-electron chi connectivity index (χ4n) is 4.61. The van der Waals surface area contributed by atoms with Crippen LogP contribution in [0.5, 0.6) is 0 Å². The van der Waals surface area contributed by atoms with Gasteiger partial charge in [-0.2, -0.15) is 0 Å². The van der Waals surface area contributed by atoms with E-state index in [1.165, 1.54) is 16.7 Å². The van der Waals surface area contributed by atoms with Gasteiger partial charge in [-0.1, -0.05) is 67.9 Å². The van der Waals surface area contributed by atoms with Crippen LogP contribution < -0.4 is 5.56 Å². The molecule has 36 heavy (non-hydrogen) atoms.